The highest BCUT2D eigenvalue weighted by atomic mass is 16.6. The molecule has 0 bridgehead atoms. The Morgan fingerprint density at radius 2 is 1.61 bits per heavy atom. The van der Waals surface area contributed by atoms with E-state index < -0.39 is 0 Å². The van der Waals surface area contributed by atoms with E-state index in [1.807, 2.05) is 0 Å². The van der Waals surface area contributed by atoms with Gasteiger partial charge in [-0.25, -0.2) is 0 Å². The average Bonchev–Trinajstić information content (AvgIpc) is 3.13. The van der Waals surface area contributed by atoms with Gasteiger partial charge in [-0.1, -0.05) is 45.4 Å². The van der Waals surface area contributed by atoms with Gasteiger partial charge in [0, 0.05) is 6.42 Å². The lowest BCUT2D eigenvalue weighted by Gasteiger charge is -2.00. The van der Waals surface area contributed by atoms with Gasteiger partial charge in [0.15, 0.2) is 0 Å². The molecule has 3 nitrogen and oxygen atoms in total. The maximum absolute atomic E-state index is 10.9. The number of epoxide rings is 1. The molecule has 3 heteroatoms. The second-order valence-electron chi connectivity index (χ2n) is 5.24. The Labute approximate surface area is 111 Å². The van der Waals surface area contributed by atoms with Crippen LogP contribution in [0.5, 0.6) is 0 Å². The molecule has 106 valence electrons. The fraction of sp³-hybridized carbons (Fsp3) is 0.933. The van der Waals surface area contributed by atoms with Gasteiger partial charge in [-0.15, -0.1) is 0 Å². The lowest BCUT2D eigenvalue weighted by atomic mass is 10.1. The summed E-state index contributed by atoms with van der Waals surface area (Å²) in [5.41, 5.74) is 0. The zero-order chi connectivity index (χ0) is 13.2. The Morgan fingerprint density at radius 3 is 2.28 bits per heavy atom. The highest BCUT2D eigenvalue weighted by Crippen LogP contribution is 2.31. The third kappa shape index (κ3) is 7.00. The van der Waals surface area contributed by atoms with E-state index >= 15 is 0 Å². The Bertz CT molecular complexity index is 228. The van der Waals surface area contributed by atoms with Crippen LogP contribution < -0.4 is 0 Å². The number of ether oxygens (including phenoxy) is 2. The third-order valence-electron chi connectivity index (χ3n) is 3.63. The molecular formula is C15H28O3. The second kappa shape index (κ2) is 9.37. The fourth-order valence-corrected chi connectivity index (χ4v) is 2.34. The quantitative estimate of drug-likeness (QED) is 0.320. The van der Waals surface area contributed by atoms with Crippen LogP contribution in [-0.4, -0.2) is 25.3 Å². The third-order valence-corrected chi connectivity index (χ3v) is 3.63. The molecule has 2 unspecified atom stereocenters. The van der Waals surface area contributed by atoms with Gasteiger partial charge in [0.1, 0.15) is 0 Å². The summed E-state index contributed by atoms with van der Waals surface area (Å²) in [5, 5.41) is 0. The maximum atomic E-state index is 10.9. The van der Waals surface area contributed by atoms with Gasteiger partial charge < -0.3 is 9.47 Å². The van der Waals surface area contributed by atoms with Crippen LogP contribution in [0.25, 0.3) is 0 Å². The Hall–Kier alpha value is -0.570. The van der Waals surface area contributed by atoms with Crippen LogP contribution in [0.15, 0.2) is 0 Å². The number of methoxy groups -OCH3 is 1. The summed E-state index contributed by atoms with van der Waals surface area (Å²) >= 11 is 0. The van der Waals surface area contributed by atoms with Gasteiger partial charge in [0.25, 0.3) is 0 Å². The van der Waals surface area contributed by atoms with E-state index in [4.69, 9.17) is 4.74 Å². The first kappa shape index (κ1) is 15.5. The molecule has 1 aliphatic rings. The lowest BCUT2D eigenvalue weighted by molar-refractivity contribution is -0.140. The van der Waals surface area contributed by atoms with E-state index in [2.05, 4.69) is 11.7 Å². The van der Waals surface area contributed by atoms with Crippen molar-refractivity contribution in [1.29, 1.82) is 0 Å². The minimum absolute atomic E-state index is 0.0832. The smallest absolute Gasteiger partial charge is 0.305 e. The van der Waals surface area contributed by atoms with E-state index in [-0.39, 0.29) is 5.97 Å². The van der Waals surface area contributed by atoms with Crippen LogP contribution in [0, 0.1) is 0 Å². The van der Waals surface area contributed by atoms with Gasteiger partial charge in [-0.3, -0.25) is 4.79 Å². The van der Waals surface area contributed by atoms with Gasteiger partial charge in [0.2, 0.25) is 0 Å². The van der Waals surface area contributed by atoms with Crippen molar-refractivity contribution in [1.82, 2.24) is 0 Å². The number of unbranched alkanes of at least 4 members (excludes halogenated alkanes) is 5. The van der Waals surface area contributed by atoms with Crippen molar-refractivity contribution in [2.24, 2.45) is 0 Å². The summed E-state index contributed by atoms with van der Waals surface area (Å²) in [5.74, 6) is -0.0832. The minimum atomic E-state index is -0.0832. The van der Waals surface area contributed by atoms with E-state index in [9.17, 15) is 4.79 Å². The Kier molecular flexibility index (Phi) is 8.06. The van der Waals surface area contributed by atoms with E-state index in [1.165, 1.54) is 52.1 Å². The van der Waals surface area contributed by atoms with Crippen molar-refractivity contribution in [2.75, 3.05) is 7.11 Å². The number of hydrogen-bond donors (Lipinski definition) is 0. The highest BCUT2D eigenvalue weighted by molar-refractivity contribution is 5.68. The number of esters is 1. The monoisotopic (exact) mass is 256 g/mol. The number of rotatable bonds is 11. The molecule has 0 aliphatic carbocycles. The van der Waals surface area contributed by atoms with Crippen LogP contribution >= 0.6 is 0 Å². The standard InChI is InChI=1S/C15H28O3/c1-3-4-10-13-14(18-13)11-8-6-5-7-9-12-15(16)17-2/h13-14H,3-12H2,1-2H3. The normalized spacial score (nSPS) is 21.9. The molecule has 0 aromatic rings. The van der Waals surface area contributed by atoms with Crippen LogP contribution in [-0.2, 0) is 14.3 Å². The van der Waals surface area contributed by atoms with Crippen molar-refractivity contribution in [3.63, 3.8) is 0 Å². The van der Waals surface area contributed by atoms with Crippen molar-refractivity contribution < 1.29 is 14.3 Å². The summed E-state index contributed by atoms with van der Waals surface area (Å²) < 4.78 is 10.2. The van der Waals surface area contributed by atoms with Crippen LogP contribution in [0.2, 0.25) is 0 Å². The van der Waals surface area contributed by atoms with E-state index in [1.54, 1.807) is 0 Å². The molecule has 0 amide bonds. The summed E-state index contributed by atoms with van der Waals surface area (Å²) in [7, 11) is 1.45. The van der Waals surface area contributed by atoms with Gasteiger partial charge in [-0.05, 0) is 19.3 Å². The molecule has 0 aromatic heterocycles. The zero-order valence-corrected chi connectivity index (χ0v) is 12.0. The molecule has 1 fully saturated rings. The molecular weight excluding hydrogens is 228 g/mol. The Morgan fingerprint density at radius 1 is 1.00 bits per heavy atom. The summed E-state index contributed by atoms with van der Waals surface area (Å²) in [6, 6.07) is 0. The molecule has 2 atom stereocenters. The molecule has 1 aliphatic heterocycles. The number of carbonyl (C=O) groups is 1. The molecule has 0 radical (unpaired) electrons. The van der Waals surface area contributed by atoms with Crippen LogP contribution in [0.1, 0.15) is 71.1 Å². The van der Waals surface area contributed by atoms with Crippen LogP contribution in [0.4, 0.5) is 0 Å². The maximum Gasteiger partial charge on any atom is 0.305 e. The number of hydrogen-bond acceptors (Lipinski definition) is 3. The highest BCUT2D eigenvalue weighted by Gasteiger charge is 2.36. The molecule has 0 spiro atoms. The summed E-state index contributed by atoms with van der Waals surface area (Å²) in [6.45, 7) is 2.23. The molecule has 1 saturated heterocycles. The van der Waals surface area contributed by atoms with Crippen molar-refractivity contribution in [3.8, 4) is 0 Å². The zero-order valence-electron chi connectivity index (χ0n) is 12.0. The van der Waals surface area contributed by atoms with Gasteiger partial charge >= 0.3 is 5.97 Å². The minimum Gasteiger partial charge on any atom is -0.469 e. The van der Waals surface area contributed by atoms with Crippen molar-refractivity contribution in [2.45, 2.75) is 83.3 Å². The lowest BCUT2D eigenvalue weighted by Crippen LogP contribution is -1.99. The topological polar surface area (TPSA) is 38.8 Å². The first-order chi connectivity index (χ1) is 8.77. The molecule has 1 heterocycles. The fourth-order valence-electron chi connectivity index (χ4n) is 2.34. The van der Waals surface area contributed by atoms with Crippen molar-refractivity contribution in [3.05, 3.63) is 0 Å². The summed E-state index contributed by atoms with van der Waals surface area (Å²) in [6.07, 6.45) is 12.6. The second-order valence-corrected chi connectivity index (χ2v) is 5.24. The largest absolute Gasteiger partial charge is 0.469 e. The molecule has 0 aromatic carbocycles. The van der Waals surface area contributed by atoms with E-state index in [0.717, 1.165) is 12.8 Å². The first-order valence-electron chi connectivity index (χ1n) is 7.50. The summed E-state index contributed by atoms with van der Waals surface area (Å²) in [4.78, 5) is 10.9. The molecule has 18 heavy (non-hydrogen) atoms. The number of carbonyl (C=O) groups excluding carboxylic acids is 1. The molecule has 0 N–H and O–H groups in total. The van der Waals surface area contributed by atoms with Crippen molar-refractivity contribution >= 4 is 5.97 Å². The predicted molar refractivity (Wildman–Crippen MR) is 72.5 cm³/mol. The van der Waals surface area contributed by atoms with E-state index in [0.29, 0.717) is 18.6 Å². The Balaban J connectivity index is 1.78. The molecule has 0 saturated carbocycles. The first-order valence-corrected chi connectivity index (χ1v) is 7.50. The SMILES string of the molecule is CCCCC1OC1CCCCCCCC(=O)OC. The van der Waals surface area contributed by atoms with Crippen LogP contribution in [0.3, 0.4) is 0 Å². The van der Waals surface area contributed by atoms with Gasteiger partial charge in [-0.2, -0.15) is 0 Å². The molecule has 1 rings (SSSR count). The van der Waals surface area contributed by atoms with Gasteiger partial charge in [0.05, 0.1) is 19.3 Å². The predicted octanol–water partition coefficient (Wildman–Crippen LogP) is 3.85. The average molecular weight is 256 g/mol.